The topological polar surface area (TPSA) is 188 Å². The van der Waals surface area contributed by atoms with Crippen LogP contribution >= 0.6 is 11.8 Å². The summed E-state index contributed by atoms with van der Waals surface area (Å²) in [5.41, 5.74) is 5.84. The van der Waals surface area contributed by atoms with Gasteiger partial charge in [0.15, 0.2) is 0 Å². The summed E-state index contributed by atoms with van der Waals surface area (Å²) < 4.78 is 0. The SMILES string of the molecule is CCC(C)C(N)C(=O)NC(C)C(=O)NC(CCC(=O)O)C(=O)NC(CCSC)C(=O)O. The van der Waals surface area contributed by atoms with Gasteiger partial charge in [-0.1, -0.05) is 20.3 Å². The number of hydrogen-bond donors (Lipinski definition) is 6. The highest BCUT2D eigenvalue weighted by atomic mass is 32.2. The van der Waals surface area contributed by atoms with Crippen LogP contribution < -0.4 is 21.7 Å². The maximum atomic E-state index is 12.6. The van der Waals surface area contributed by atoms with E-state index in [1.165, 1.54) is 18.7 Å². The number of amides is 3. The highest BCUT2D eigenvalue weighted by molar-refractivity contribution is 7.98. The van der Waals surface area contributed by atoms with Gasteiger partial charge in [0, 0.05) is 6.42 Å². The Morgan fingerprint density at radius 1 is 0.903 bits per heavy atom. The van der Waals surface area contributed by atoms with E-state index in [4.69, 9.17) is 10.8 Å². The van der Waals surface area contributed by atoms with Gasteiger partial charge in [-0.3, -0.25) is 19.2 Å². The van der Waals surface area contributed by atoms with Crippen LogP contribution in [-0.2, 0) is 24.0 Å². The van der Waals surface area contributed by atoms with Gasteiger partial charge in [-0.15, -0.1) is 0 Å². The van der Waals surface area contributed by atoms with E-state index in [9.17, 15) is 29.1 Å². The summed E-state index contributed by atoms with van der Waals surface area (Å²) in [5.74, 6) is -4.06. The predicted octanol–water partition coefficient (Wildman–Crippen LogP) is -0.463. The molecule has 0 saturated heterocycles. The molecule has 7 N–H and O–H groups in total. The molecule has 11 nitrogen and oxygen atoms in total. The van der Waals surface area contributed by atoms with Crippen molar-refractivity contribution in [1.82, 2.24) is 16.0 Å². The van der Waals surface area contributed by atoms with E-state index < -0.39 is 60.2 Å². The quantitative estimate of drug-likeness (QED) is 0.187. The smallest absolute Gasteiger partial charge is 0.326 e. The van der Waals surface area contributed by atoms with Gasteiger partial charge in [0.05, 0.1) is 6.04 Å². The molecule has 0 spiro atoms. The highest BCUT2D eigenvalue weighted by Gasteiger charge is 2.29. The standard InChI is InChI=1S/C19H34N4O7S/c1-5-10(2)15(20)18(28)21-11(3)16(26)22-12(6-7-14(24)25)17(27)23-13(19(29)30)8-9-31-4/h10-13,15H,5-9,20H2,1-4H3,(H,21,28)(H,22,26)(H,23,27)(H,24,25)(H,29,30). The Bertz CT molecular complexity index is 647. The molecule has 0 aliphatic heterocycles. The van der Waals surface area contributed by atoms with Gasteiger partial charge in [0.25, 0.3) is 0 Å². The van der Waals surface area contributed by atoms with Crippen LogP contribution in [0.5, 0.6) is 0 Å². The summed E-state index contributed by atoms with van der Waals surface area (Å²) in [6, 6.07) is -4.29. The molecule has 3 amide bonds. The number of aliphatic carboxylic acids is 2. The molecule has 0 aliphatic carbocycles. The highest BCUT2D eigenvalue weighted by Crippen LogP contribution is 2.07. The molecule has 0 heterocycles. The zero-order chi connectivity index (χ0) is 24.1. The molecule has 0 aromatic heterocycles. The van der Waals surface area contributed by atoms with E-state index in [0.717, 1.165) is 0 Å². The Labute approximate surface area is 186 Å². The zero-order valence-electron chi connectivity index (χ0n) is 18.3. The van der Waals surface area contributed by atoms with E-state index in [0.29, 0.717) is 12.2 Å². The van der Waals surface area contributed by atoms with Crippen molar-refractivity contribution < 1.29 is 34.2 Å². The number of carboxylic acids is 2. The van der Waals surface area contributed by atoms with Crippen LogP contribution in [0.4, 0.5) is 0 Å². The molecule has 31 heavy (non-hydrogen) atoms. The lowest BCUT2D eigenvalue weighted by atomic mass is 9.99. The maximum Gasteiger partial charge on any atom is 0.326 e. The van der Waals surface area contributed by atoms with Gasteiger partial charge in [-0.05, 0) is 37.7 Å². The molecule has 0 radical (unpaired) electrons. The van der Waals surface area contributed by atoms with Crippen LogP contribution in [0.2, 0.25) is 0 Å². The predicted molar refractivity (Wildman–Crippen MR) is 116 cm³/mol. The first-order chi connectivity index (χ1) is 14.4. The second-order valence-electron chi connectivity index (χ2n) is 7.32. The third-order valence-corrected chi connectivity index (χ3v) is 5.46. The minimum absolute atomic E-state index is 0.0985. The lowest BCUT2D eigenvalue weighted by molar-refractivity contribution is -0.143. The summed E-state index contributed by atoms with van der Waals surface area (Å²) in [6.45, 7) is 5.08. The Morgan fingerprint density at radius 3 is 1.97 bits per heavy atom. The monoisotopic (exact) mass is 462 g/mol. The van der Waals surface area contributed by atoms with Gasteiger partial charge >= 0.3 is 11.9 Å². The average molecular weight is 463 g/mol. The summed E-state index contributed by atoms with van der Waals surface area (Å²) in [7, 11) is 0. The van der Waals surface area contributed by atoms with Gasteiger partial charge < -0.3 is 31.9 Å². The van der Waals surface area contributed by atoms with Crippen molar-refractivity contribution in [2.75, 3.05) is 12.0 Å². The van der Waals surface area contributed by atoms with E-state index in [-0.39, 0.29) is 18.8 Å². The molecule has 0 bridgehead atoms. The number of thioether (sulfide) groups is 1. The first-order valence-electron chi connectivity index (χ1n) is 10.0. The summed E-state index contributed by atoms with van der Waals surface area (Å²) in [4.78, 5) is 59.5. The Kier molecular flexibility index (Phi) is 13.5. The number of hydrogen-bond acceptors (Lipinski definition) is 7. The van der Waals surface area contributed by atoms with Crippen molar-refractivity contribution in [3.05, 3.63) is 0 Å². The van der Waals surface area contributed by atoms with E-state index >= 15 is 0 Å². The molecular formula is C19H34N4O7S. The number of nitrogens with one attached hydrogen (secondary N) is 3. The number of carbonyl (C=O) groups is 5. The molecule has 0 fully saturated rings. The van der Waals surface area contributed by atoms with Crippen molar-refractivity contribution in [2.24, 2.45) is 11.7 Å². The van der Waals surface area contributed by atoms with Crippen molar-refractivity contribution in [2.45, 2.75) is 70.6 Å². The van der Waals surface area contributed by atoms with Gasteiger partial charge in [-0.25, -0.2) is 4.79 Å². The second kappa shape index (κ2) is 14.6. The number of carbonyl (C=O) groups excluding carboxylic acids is 3. The number of rotatable bonds is 15. The maximum absolute atomic E-state index is 12.6. The van der Waals surface area contributed by atoms with Crippen molar-refractivity contribution in [1.29, 1.82) is 0 Å². The van der Waals surface area contributed by atoms with Crippen molar-refractivity contribution in [3.63, 3.8) is 0 Å². The van der Waals surface area contributed by atoms with Gasteiger partial charge in [0.2, 0.25) is 17.7 Å². The summed E-state index contributed by atoms with van der Waals surface area (Å²) in [5, 5.41) is 25.4. The summed E-state index contributed by atoms with van der Waals surface area (Å²) >= 11 is 1.41. The largest absolute Gasteiger partial charge is 0.481 e. The van der Waals surface area contributed by atoms with Crippen LogP contribution in [0, 0.1) is 5.92 Å². The molecule has 0 rings (SSSR count). The first kappa shape index (κ1) is 28.7. The fourth-order valence-corrected chi connectivity index (χ4v) is 2.96. The Morgan fingerprint density at radius 2 is 1.48 bits per heavy atom. The molecule has 0 aromatic rings. The fraction of sp³-hybridized carbons (Fsp3) is 0.737. The molecule has 5 unspecified atom stereocenters. The van der Waals surface area contributed by atoms with Crippen molar-refractivity contribution >= 4 is 41.4 Å². The normalized spacial score (nSPS) is 15.6. The average Bonchev–Trinajstić information content (AvgIpc) is 2.71. The van der Waals surface area contributed by atoms with Gasteiger partial charge in [-0.2, -0.15) is 11.8 Å². The van der Waals surface area contributed by atoms with E-state index in [2.05, 4.69) is 16.0 Å². The molecular weight excluding hydrogens is 428 g/mol. The van der Waals surface area contributed by atoms with Crippen molar-refractivity contribution in [3.8, 4) is 0 Å². The molecule has 178 valence electrons. The minimum atomic E-state index is -1.28. The van der Waals surface area contributed by atoms with Gasteiger partial charge in [0.1, 0.15) is 18.1 Å². The molecule has 0 aliphatic rings. The minimum Gasteiger partial charge on any atom is -0.481 e. The number of nitrogens with two attached hydrogens (primary N) is 1. The van der Waals surface area contributed by atoms with E-state index in [1.807, 2.05) is 6.92 Å². The van der Waals surface area contributed by atoms with Crippen LogP contribution in [0.3, 0.4) is 0 Å². The lowest BCUT2D eigenvalue weighted by Gasteiger charge is -2.24. The second-order valence-corrected chi connectivity index (χ2v) is 8.30. The van der Waals surface area contributed by atoms with Crippen LogP contribution in [0.1, 0.15) is 46.5 Å². The van der Waals surface area contributed by atoms with E-state index in [1.54, 1.807) is 13.2 Å². The third-order valence-electron chi connectivity index (χ3n) is 4.82. The molecule has 0 aromatic carbocycles. The van der Waals surface area contributed by atoms with Crippen LogP contribution in [-0.4, -0.2) is 76.0 Å². The molecule has 0 saturated carbocycles. The molecule has 5 atom stereocenters. The Hall–Kier alpha value is -2.34. The first-order valence-corrected chi connectivity index (χ1v) is 11.4. The third kappa shape index (κ3) is 11.0. The summed E-state index contributed by atoms with van der Waals surface area (Å²) in [6.07, 6.45) is 1.98. The molecule has 12 heteroatoms. The Balaban J connectivity index is 5.17. The lowest BCUT2D eigenvalue weighted by Crippen LogP contribution is -2.57. The van der Waals surface area contributed by atoms with Crippen LogP contribution in [0.25, 0.3) is 0 Å². The fourth-order valence-electron chi connectivity index (χ4n) is 2.49. The number of carboxylic acid groups (broad SMARTS) is 2. The van der Waals surface area contributed by atoms with Crippen LogP contribution in [0.15, 0.2) is 0 Å². The zero-order valence-corrected chi connectivity index (χ0v) is 19.2.